The van der Waals surface area contributed by atoms with Crippen molar-refractivity contribution in [3.05, 3.63) is 60.2 Å². The van der Waals surface area contributed by atoms with Crippen LogP contribution < -0.4 is 4.74 Å². The number of pyridine rings is 1. The number of amides is 1. The van der Waals surface area contributed by atoms with Crippen LogP contribution in [0, 0.1) is 5.92 Å². The first kappa shape index (κ1) is 20.8. The summed E-state index contributed by atoms with van der Waals surface area (Å²) in [6, 6.07) is 16.6. The fraction of sp³-hybridized carbons (Fsp3) is 0.320. The van der Waals surface area contributed by atoms with Gasteiger partial charge in [0, 0.05) is 24.0 Å². The first-order valence-electron chi connectivity index (χ1n) is 10.5. The van der Waals surface area contributed by atoms with Crippen LogP contribution in [0.1, 0.15) is 30.1 Å². The molecule has 0 N–H and O–H groups in total. The van der Waals surface area contributed by atoms with Gasteiger partial charge in [0.25, 0.3) is 5.91 Å². The molecular weight excluding hydrogens is 392 g/mol. The van der Waals surface area contributed by atoms with Gasteiger partial charge in [-0.05, 0) is 55.2 Å². The SMILES string of the molecule is COc1ccc(-c2cc(C(=O)OCC(=O)N3CCC[C@H](C)C3)c3ccccc3n2)cc1. The number of carbonyl (C=O) groups excluding carboxylic acids is 2. The lowest BCUT2D eigenvalue weighted by atomic mass is 10.0. The zero-order valence-corrected chi connectivity index (χ0v) is 17.8. The molecule has 0 unspecified atom stereocenters. The van der Waals surface area contributed by atoms with Crippen molar-refractivity contribution in [2.75, 3.05) is 26.8 Å². The van der Waals surface area contributed by atoms with Crippen molar-refractivity contribution in [1.29, 1.82) is 0 Å². The highest BCUT2D eigenvalue weighted by molar-refractivity contribution is 6.05. The van der Waals surface area contributed by atoms with Gasteiger partial charge in [0.05, 0.1) is 23.9 Å². The average molecular weight is 418 g/mol. The van der Waals surface area contributed by atoms with E-state index in [1.807, 2.05) is 48.5 Å². The number of fused-ring (bicyclic) bond motifs is 1. The summed E-state index contributed by atoms with van der Waals surface area (Å²) in [4.78, 5) is 32.0. The standard InChI is InChI=1S/C25H26N2O4/c1-17-6-5-13-27(15-17)24(28)16-31-25(29)21-14-23(18-9-11-19(30-2)12-10-18)26-22-8-4-3-7-20(21)22/h3-4,7-12,14,17H,5-6,13,15-16H2,1-2H3/t17-/m0/s1. The number of piperidine rings is 1. The zero-order valence-electron chi connectivity index (χ0n) is 17.8. The third-order valence-corrected chi connectivity index (χ3v) is 5.66. The van der Waals surface area contributed by atoms with Gasteiger partial charge in [-0.1, -0.05) is 25.1 Å². The Hall–Kier alpha value is -3.41. The van der Waals surface area contributed by atoms with Crippen LogP contribution in [0.4, 0.5) is 0 Å². The molecule has 0 spiro atoms. The van der Waals surface area contributed by atoms with E-state index in [4.69, 9.17) is 14.5 Å². The lowest BCUT2D eigenvalue weighted by Crippen LogP contribution is -2.41. The Morgan fingerprint density at radius 1 is 1.13 bits per heavy atom. The number of carbonyl (C=O) groups is 2. The number of benzene rings is 2. The van der Waals surface area contributed by atoms with E-state index >= 15 is 0 Å². The number of ether oxygens (including phenoxy) is 2. The minimum atomic E-state index is -0.522. The van der Waals surface area contributed by atoms with Crippen LogP contribution in [0.15, 0.2) is 54.6 Å². The largest absolute Gasteiger partial charge is 0.497 e. The van der Waals surface area contributed by atoms with Crippen LogP contribution >= 0.6 is 0 Å². The van der Waals surface area contributed by atoms with Crippen LogP contribution in [0.2, 0.25) is 0 Å². The maximum absolute atomic E-state index is 13.0. The summed E-state index contributed by atoms with van der Waals surface area (Å²) in [6.07, 6.45) is 2.11. The van der Waals surface area contributed by atoms with E-state index in [1.54, 1.807) is 18.1 Å². The minimum absolute atomic E-state index is 0.145. The molecule has 1 fully saturated rings. The Balaban J connectivity index is 1.58. The van der Waals surface area contributed by atoms with Gasteiger partial charge >= 0.3 is 5.97 Å². The maximum atomic E-state index is 13.0. The van der Waals surface area contributed by atoms with Crippen molar-refractivity contribution in [3.63, 3.8) is 0 Å². The molecule has 1 amide bonds. The molecule has 160 valence electrons. The van der Waals surface area contributed by atoms with Crippen molar-refractivity contribution in [3.8, 4) is 17.0 Å². The number of rotatable bonds is 5. The predicted octanol–water partition coefficient (Wildman–Crippen LogP) is 4.33. The first-order valence-corrected chi connectivity index (χ1v) is 10.5. The third kappa shape index (κ3) is 4.68. The number of likely N-dealkylation sites (tertiary alicyclic amines) is 1. The van der Waals surface area contributed by atoms with Crippen LogP contribution in [-0.4, -0.2) is 48.6 Å². The molecule has 6 nitrogen and oxygen atoms in total. The lowest BCUT2D eigenvalue weighted by molar-refractivity contribution is -0.136. The van der Waals surface area contributed by atoms with Gasteiger partial charge in [0.15, 0.2) is 6.61 Å². The van der Waals surface area contributed by atoms with E-state index in [9.17, 15) is 9.59 Å². The molecule has 1 aliphatic heterocycles. The number of hydrogen-bond acceptors (Lipinski definition) is 5. The van der Waals surface area contributed by atoms with E-state index < -0.39 is 5.97 Å². The number of para-hydroxylation sites is 1. The van der Waals surface area contributed by atoms with E-state index in [-0.39, 0.29) is 12.5 Å². The summed E-state index contributed by atoms with van der Waals surface area (Å²) in [7, 11) is 1.61. The molecule has 1 saturated heterocycles. The second-order valence-electron chi connectivity index (χ2n) is 7.96. The van der Waals surface area contributed by atoms with Crippen LogP contribution in [0.3, 0.4) is 0 Å². The molecule has 2 aromatic carbocycles. The summed E-state index contributed by atoms with van der Waals surface area (Å²) in [6.45, 7) is 3.33. The Morgan fingerprint density at radius 3 is 2.65 bits per heavy atom. The smallest absolute Gasteiger partial charge is 0.339 e. The molecule has 1 aromatic heterocycles. The molecular formula is C25H26N2O4. The normalized spacial score (nSPS) is 16.2. The molecule has 4 rings (SSSR count). The Kier molecular flexibility index (Phi) is 6.16. The highest BCUT2D eigenvalue weighted by Gasteiger charge is 2.23. The van der Waals surface area contributed by atoms with Crippen LogP contribution in [-0.2, 0) is 9.53 Å². The minimum Gasteiger partial charge on any atom is -0.497 e. The second kappa shape index (κ2) is 9.16. The molecule has 1 aliphatic rings. The topological polar surface area (TPSA) is 68.7 Å². The third-order valence-electron chi connectivity index (χ3n) is 5.66. The quantitative estimate of drug-likeness (QED) is 0.577. The predicted molar refractivity (Wildman–Crippen MR) is 119 cm³/mol. The summed E-state index contributed by atoms with van der Waals surface area (Å²) in [5.41, 5.74) is 2.61. The van der Waals surface area contributed by atoms with Crippen LogP contribution in [0.5, 0.6) is 5.75 Å². The van der Waals surface area contributed by atoms with Gasteiger partial charge in [-0.3, -0.25) is 4.79 Å². The number of methoxy groups -OCH3 is 1. The Morgan fingerprint density at radius 2 is 1.90 bits per heavy atom. The molecule has 2 heterocycles. The van der Waals surface area contributed by atoms with Gasteiger partial charge in [-0.2, -0.15) is 0 Å². The molecule has 1 atom stereocenters. The summed E-state index contributed by atoms with van der Waals surface area (Å²) in [5, 5.41) is 0.698. The fourth-order valence-corrected chi connectivity index (χ4v) is 3.97. The van der Waals surface area contributed by atoms with E-state index in [0.717, 1.165) is 37.2 Å². The van der Waals surface area contributed by atoms with Crippen molar-refractivity contribution in [2.24, 2.45) is 5.92 Å². The second-order valence-corrected chi connectivity index (χ2v) is 7.96. The van der Waals surface area contributed by atoms with E-state index in [2.05, 4.69) is 6.92 Å². The fourth-order valence-electron chi connectivity index (χ4n) is 3.97. The van der Waals surface area contributed by atoms with Crippen molar-refractivity contribution < 1.29 is 19.1 Å². The number of esters is 1. The Bertz CT molecular complexity index is 1090. The van der Waals surface area contributed by atoms with E-state index in [0.29, 0.717) is 28.1 Å². The lowest BCUT2D eigenvalue weighted by Gasteiger charge is -2.30. The summed E-state index contributed by atoms with van der Waals surface area (Å²) < 4.78 is 10.7. The number of nitrogens with zero attached hydrogens (tertiary/aromatic N) is 2. The number of hydrogen-bond donors (Lipinski definition) is 0. The van der Waals surface area contributed by atoms with Gasteiger partial charge in [0.2, 0.25) is 0 Å². The monoisotopic (exact) mass is 418 g/mol. The molecule has 0 bridgehead atoms. The van der Waals surface area contributed by atoms with Gasteiger partial charge in [-0.25, -0.2) is 9.78 Å². The molecule has 6 heteroatoms. The van der Waals surface area contributed by atoms with Gasteiger partial charge < -0.3 is 14.4 Å². The van der Waals surface area contributed by atoms with Crippen molar-refractivity contribution in [1.82, 2.24) is 9.88 Å². The molecule has 3 aromatic rings. The molecule has 31 heavy (non-hydrogen) atoms. The molecule has 0 aliphatic carbocycles. The summed E-state index contributed by atoms with van der Waals surface area (Å²) in [5.74, 6) is 0.555. The zero-order chi connectivity index (χ0) is 21.8. The van der Waals surface area contributed by atoms with Crippen LogP contribution in [0.25, 0.3) is 22.2 Å². The van der Waals surface area contributed by atoms with Gasteiger partial charge in [-0.15, -0.1) is 0 Å². The highest BCUT2D eigenvalue weighted by atomic mass is 16.5. The van der Waals surface area contributed by atoms with Gasteiger partial charge in [0.1, 0.15) is 5.75 Å². The average Bonchev–Trinajstić information content (AvgIpc) is 2.81. The summed E-state index contributed by atoms with van der Waals surface area (Å²) >= 11 is 0. The van der Waals surface area contributed by atoms with Crippen molar-refractivity contribution in [2.45, 2.75) is 19.8 Å². The first-order chi connectivity index (χ1) is 15.0. The Labute approximate surface area is 181 Å². The highest BCUT2D eigenvalue weighted by Crippen LogP contribution is 2.27. The molecule has 0 saturated carbocycles. The van der Waals surface area contributed by atoms with E-state index in [1.165, 1.54) is 0 Å². The van der Waals surface area contributed by atoms with Crippen molar-refractivity contribution >= 4 is 22.8 Å². The number of aromatic nitrogens is 1. The maximum Gasteiger partial charge on any atom is 0.339 e. The molecule has 0 radical (unpaired) electrons.